The Morgan fingerprint density at radius 2 is 2.00 bits per heavy atom. The van der Waals surface area contributed by atoms with Crippen molar-refractivity contribution in [3.8, 4) is 0 Å². The first-order chi connectivity index (χ1) is 12.2. The number of nitro groups is 1. The van der Waals surface area contributed by atoms with Crippen molar-refractivity contribution in [1.29, 1.82) is 0 Å². The Morgan fingerprint density at radius 1 is 1.27 bits per heavy atom. The number of methoxy groups -OCH3 is 1. The lowest BCUT2D eigenvalue weighted by Gasteiger charge is -2.14. The summed E-state index contributed by atoms with van der Waals surface area (Å²) in [5, 5.41) is 14.4. The number of ether oxygens (including phenoxy) is 1. The summed E-state index contributed by atoms with van der Waals surface area (Å²) in [6, 6.07) is 10.6. The highest BCUT2D eigenvalue weighted by Gasteiger charge is 2.23. The zero-order valence-electron chi connectivity index (χ0n) is 14.1. The lowest BCUT2D eigenvalue weighted by molar-refractivity contribution is -0.384. The van der Waals surface area contributed by atoms with Gasteiger partial charge in [-0.3, -0.25) is 10.1 Å². The molecule has 140 valence electrons. The van der Waals surface area contributed by atoms with Gasteiger partial charge in [-0.15, -0.1) is 0 Å². The van der Waals surface area contributed by atoms with Crippen LogP contribution in [0.2, 0.25) is 0 Å². The maximum Gasteiger partial charge on any atom is 0.294 e. The van der Waals surface area contributed by atoms with Gasteiger partial charge in [-0.1, -0.05) is 6.07 Å². The molecule has 2 rings (SSSR count). The molecule has 0 amide bonds. The van der Waals surface area contributed by atoms with Crippen molar-refractivity contribution in [2.24, 2.45) is 0 Å². The fourth-order valence-corrected chi connectivity index (χ4v) is 4.06. The van der Waals surface area contributed by atoms with E-state index in [2.05, 4.69) is 32.6 Å². The SMILES string of the molecule is COC[C@@H](C)NS(=O)(=O)c1ccc(Nc2cccc(I)c2)c([N+](=O)[O-])c1. The van der Waals surface area contributed by atoms with Crippen molar-refractivity contribution < 1.29 is 18.1 Å². The molecule has 0 saturated carbocycles. The van der Waals surface area contributed by atoms with Gasteiger partial charge in [0.15, 0.2) is 0 Å². The minimum atomic E-state index is -3.90. The molecule has 0 saturated heterocycles. The number of nitro benzene ring substituents is 1. The first-order valence-corrected chi connectivity index (χ1v) is 10.1. The summed E-state index contributed by atoms with van der Waals surface area (Å²) in [5.41, 5.74) is 0.550. The molecule has 0 radical (unpaired) electrons. The lowest BCUT2D eigenvalue weighted by atomic mass is 10.2. The van der Waals surface area contributed by atoms with Crippen LogP contribution in [0.3, 0.4) is 0 Å². The van der Waals surface area contributed by atoms with Crippen molar-refractivity contribution in [2.45, 2.75) is 17.9 Å². The molecule has 2 aromatic carbocycles. The first-order valence-electron chi connectivity index (χ1n) is 7.55. The van der Waals surface area contributed by atoms with Gasteiger partial charge in [0.1, 0.15) is 5.69 Å². The Morgan fingerprint density at radius 3 is 2.62 bits per heavy atom. The van der Waals surface area contributed by atoms with Gasteiger partial charge in [0.2, 0.25) is 10.0 Å². The van der Waals surface area contributed by atoms with E-state index < -0.39 is 21.0 Å². The summed E-state index contributed by atoms with van der Waals surface area (Å²) in [4.78, 5) is 10.6. The number of halogens is 1. The molecule has 0 aliphatic carbocycles. The number of nitrogens with zero attached hydrogens (tertiary/aromatic N) is 1. The zero-order valence-corrected chi connectivity index (χ0v) is 17.1. The zero-order chi connectivity index (χ0) is 19.3. The van der Waals surface area contributed by atoms with Crippen LogP contribution in [0, 0.1) is 13.7 Å². The predicted octanol–water partition coefficient (Wildman–Crippen LogP) is 3.26. The number of rotatable bonds is 8. The van der Waals surface area contributed by atoms with Crippen molar-refractivity contribution in [3.63, 3.8) is 0 Å². The van der Waals surface area contributed by atoms with Crippen molar-refractivity contribution >= 4 is 49.7 Å². The molecule has 0 bridgehead atoms. The van der Waals surface area contributed by atoms with Crippen LogP contribution in [-0.4, -0.2) is 33.1 Å². The van der Waals surface area contributed by atoms with Gasteiger partial charge >= 0.3 is 0 Å². The quantitative estimate of drug-likeness (QED) is 0.333. The summed E-state index contributed by atoms with van der Waals surface area (Å²) in [5.74, 6) is 0. The van der Waals surface area contributed by atoms with Gasteiger partial charge in [0.25, 0.3) is 5.69 Å². The molecule has 1 atom stereocenters. The summed E-state index contributed by atoms with van der Waals surface area (Å²) >= 11 is 2.13. The Balaban J connectivity index is 2.35. The number of hydrogen-bond donors (Lipinski definition) is 2. The predicted molar refractivity (Wildman–Crippen MR) is 107 cm³/mol. The van der Waals surface area contributed by atoms with Crippen LogP contribution in [0.5, 0.6) is 0 Å². The van der Waals surface area contributed by atoms with Crippen LogP contribution >= 0.6 is 22.6 Å². The standard InChI is InChI=1S/C16H18IN3O5S/c1-11(10-25-2)19-26(23,24)14-6-7-15(16(9-14)20(21)22)18-13-5-3-4-12(17)8-13/h3-9,11,18-19H,10H2,1-2H3/t11-/m1/s1. The monoisotopic (exact) mass is 491 g/mol. The number of anilines is 2. The third-order valence-electron chi connectivity index (χ3n) is 3.35. The second kappa shape index (κ2) is 8.75. The van der Waals surface area contributed by atoms with Gasteiger partial charge in [-0.25, -0.2) is 13.1 Å². The summed E-state index contributed by atoms with van der Waals surface area (Å²) in [6.45, 7) is 1.83. The minimum Gasteiger partial charge on any atom is -0.383 e. The molecule has 0 spiro atoms. The highest BCUT2D eigenvalue weighted by molar-refractivity contribution is 14.1. The highest BCUT2D eigenvalue weighted by atomic mass is 127. The van der Waals surface area contributed by atoms with E-state index >= 15 is 0 Å². The first kappa shape index (κ1) is 20.6. The van der Waals surface area contributed by atoms with Crippen LogP contribution in [-0.2, 0) is 14.8 Å². The van der Waals surface area contributed by atoms with Crippen LogP contribution in [0.15, 0.2) is 47.4 Å². The Kier molecular flexibility index (Phi) is 6.92. The number of sulfonamides is 1. The molecule has 0 unspecified atom stereocenters. The molecule has 2 N–H and O–H groups in total. The molecule has 0 aromatic heterocycles. The van der Waals surface area contributed by atoms with Crippen LogP contribution in [0.4, 0.5) is 17.1 Å². The lowest BCUT2D eigenvalue weighted by Crippen LogP contribution is -2.35. The van der Waals surface area contributed by atoms with Gasteiger partial charge in [0.05, 0.1) is 16.4 Å². The maximum absolute atomic E-state index is 12.4. The highest BCUT2D eigenvalue weighted by Crippen LogP contribution is 2.30. The molecule has 0 aliphatic rings. The molecule has 0 heterocycles. The van der Waals surface area contributed by atoms with E-state index in [4.69, 9.17) is 4.74 Å². The van der Waals surface area contributed by atoms with Crippen molar-refractivity contribution in [3.05, 3.63) is 56.1 Å². The molecular weight excluding hydrogens is 473 g/mol. The summed E-state index contributed by atoms with van der Waals surface area (Å²) < 4.78 is 33.1. The Labute approximate surface area is 165 Å². The average Bonchev–Trinajstić information content (AvgIpc) is 2.54. The van der Waals surface area contributed by atoms with E-state index in [0.29, 0.717) is 5.69 Å². The van der Waals surface area contributed by atoms with Crippen LogP contribution < -0.4 is 10.0 Å². The normalized spacial score (nSPS) is 12.6. The third kappa shape index (κ3) is 5.37. The Bertz CT molecular complexity index is 905. The topological polar surface area (TPSA) is 111 Å². The van der Waals surface area contributed by atoms with Crippen LogP contribution in [0.1, 0.15) is 6.92 Å². The number of nitrogens with one attached hydrogen (secondary N) is 2. The Hall–Kier alpha value is -1.76. The van der Waals surface area contributed by atoms with E-state index in [1.165, 1.54) is 19.2 Å². The molecule has 2 aromatic rings. The molecule has 26 heavy (non-hydrogen) atoms. The summed E-state index contributed by atoms with van der Waals surface area (Å²) in [6.07, 6.45) is 0. The van der Waals surface area contributed by atoms with Gasteiger partial charge in [-0.2, -0.15) is 0 Å². The molecule has 10 heteroatoms. The van der Waals surface area contributed by atoms with E-state index in [1.54, 1.807) is 13.0 Å². The second-order valence-electron chi connectivity index (χ2n) is 5.55. The van der Waals surface area contributed by atoms with Crippen LogP contribution in [0.25, 0.3) is 0 Å². The van der Waals surface area contributed by atoms with Gasteiger partial charge in [-0.05, 0) is 59.8 Å². The van der Waals surface area contributed by atoms with E-state index in [9.17, 15) is 18.5 Å². The maximum atomic E-state index is 12.4. The van der Waals surface area contributed by atoms with E-state index in [-0.39, 0.29) is 22.9 Å². The van der Waals surface area contributed by atoms with E-state index in [1.807, 2.05) is 18.2 Å². The number of benzene rings is 2. The fraction of sp³-hybridized carbons (Fsp3) is 0.250. The average molecular weight is 491 g/mol. The summed E-state index contributed by atoms with van der Waals surface area (Å²) in [7, 11) is -2.44. The van der Waals surface area contributed by atoms with E-state index in [0.717, 1.165) is 9.64 Å². The molecule has 8 nitrogen and oxygen atoms in total. The van der Waals surface area contributed by atoms with Gasteiger partial charge in [0, 0.05) is 28.5 Å². The van der Waals surface area contributed by atoms with Crippen molar-refractivity contribution in [1.82, 2.24) is 4.72 Å². The molecule has 0 fully saturated rings. The largest absolute Gasteiger partial charge is 0.383 e. The smallest absolute Gasteiger partial charge is 0.294 e. The fourth-order valence-electron chi connectivity index (χ4n) is 2.27. The molecule has 0 aliphatic heterocycles. The second-order valence-corrected chi connectivity index (χ2v) is 8.51. The third-order valence-corrected chi connectivity index (χ3v) is 5.61. The number of hydrogen-bond acceptors (Lipinski definition) is 6. The minimum absolute atomic E-state index is 0.180. The molecular formula is C16H18IN3O5S. The van der Waals surface area contributed by atoms with Gasteiger partial charge < -0.3 is 10.1 Å². The van der Waals surface area contributed by atoms with Crippen molar-refractivity contribution in [2.75, 3.05) is 19.0 Å².